The van der Waals surface area contributed by atoms with Crippen molar-refractivity contribution in [3.63, 3.8) is 0 Å². The molecule has 1 aliphatic heterocycles. The number of hydrogen-bond donors (Lipinski definition) is 1. The maximum Gasteiger partial charge on any atom is 0.0615 e. The third-order valence-electron chi connectivity index (χ3n) is 4.30. The first-order valence-corrected chi connectivity index (χ1v) is 5.38. The van der Waals surface area contributed by atoms with Gasteiger partial charge in [-0.3, -0.25) is 4.90 Å². The van der Waals surface area contributed by atoms with E-state index < -0.39 is 0 Å². The van der Waals surface area contributed by atoms with Crippen molar-refractivity contribution in [2.45, 2.75) is 39.2 Å². The lowest BCUT2D eigenvalue weighted by atomic mass is 9.81. The van der Waals surface area contributed by atoms with Gasteiger partial charge >= 0.3 is 0 Å². The molecule has 1 saturated carbocycles. The highest BCUT2D eigenvalue weighted by Crippen LogP contribution is 2.55. The van der Waals surface area contributed by atoms with Gasteiger partial charge in [0.1, 0.15) is 0 Å². The lowest BCUT2D eigenvalue weighted by Gasteiger charge is -2.53. The van der Waals surface area contributed by atoms with Gasteiger partial charge in [-0.15, -0.1) is 0 Å². The summed E-state index contributed by atoms with van der Waals surface area (Å²) in [5.41, 5.74) is 0.721. The number of likely N-dealkylation sites (tertiary alicyclic amines) is 1. The molecule has 1 N–H and O–H groups in total. The number of nitrogens with zero attached hydrogens (tertiary/aromatic N) is 1. The Kier molecular flexibility index (Phi) is 1.97. The van der Waals surface area contributed by atoms with E-state index in [-0.39, 0.29) is 5.54 Å². The molecule has 76 valence electrons. The molecule has 2 nitrogen and oxygen atoms in total. The fourth-order valence-corrected chi connectivity index (χ4v) is 2.27. The molecule has 0 aromatic carbocycles. The van der Waals surface area contributed by atoms with Gasteiger partial charge in [-0.25, -0.2) is 0 Å². The van der Waals surface area contributed by atoms with Crippen LogP contribution in [-0.2, 0) is 0 Å². The molecule has 1 heterocycles. The Labute approximate surface area is 80.9 Å². The minimum Gasteiger partial charge on any atom is -0.394 e. The second kappa shape index (κ2) is 2.71. The lowest BCUT2D eigenvalue weighted by molar-refractivity contribution is -0.0710. The molecule has 1 atom stereocenters. The Morgan fingerprint density at radius 2 is 1.92 bits per heavy atom. The minimum atomic E-state index is 0.0217. The smallest absolute Gasteiger partial charge is 0.0615 e. The molecule has 0 aromatic rings. The van der Waals surface area contributed by atoms with Gasteiger partial charge in [0.15, 0.2) is 0 Å². The third kappa shape index (κ3) is 1.31. The second-order valence-electron chi connectivity index (χ2n) is 5.53. The molecule has 2 heteroatoms. The van der Waals surface area contributed by atoms with Crippen molar-refractivity contribution in [3.8, 4) is 0 Å². The number of hydrogen-bond acceptors (Lipinski definition) is 2. The molecule has 2 rings (SSSR count). The van der Waals surface area contributed by atoms with Gasteiger partial charge in [-0.2, -0.15) is 0 Å². The Bertz CT molecular complexity index is 202. The van der Waals surface area contributed by atoms with Crippen LogP contribution in [0.1, 0.15) is 33.6 Å². The van der Waals surface area contributed by atoms with E-state index in [9.17, 15) is 5.11 Å². The summed E-state index contributed by atoms with van der Waals surface area (Å²) in [6.45, 7) is 9.33. The minimum absolute atomic E-state index is 0.0217. The summed E-state index contributed by atoms with van der Waals surface area (Å²) >= 11 is 0. The predicted octanol–water partition coefficient (Wildman–Crippen LogP) is 1.49. The van der Waals surface area contributed by atoms with E-state index in [0.29, 0.717) is 17.9 Å². The summed E-state index contributed by atoms with van der Waals surface area (Å²) < 4.78 is 0. The van der Waals surface area contributed by atoms with Crippen molar-refractivity contribution in [2.24, 2.45) is 11.3 Å². The Balaban J connectivity index is 1.97. The van der Waals surface area contributed by atoms with E-state index in [2.05, 4.69) is 25.7 Å². The van der Waals surface area contributed by atoms with Crippen LogP contribution in [0.15, 0.2) is 0 Å². The van der Waals surface area contributed by atoms with Crippen LogP contribution in [0.25, 0.3) is 0 Å². The largest absolute Gasteiger partial charge is 0.394 e. The summed E-state index contributed by atoms with van der Waals surface area (Å²) in [5, 5.41) is 9.44. The molecule has 1 spiro atoms. The molecule has 1 saturated heterocycles. The summed E-state index contributed by atoms with van der Waals surface area (Å²) in [5.74, 6) is 0.536. The van der Waals surface area contributed by atoms with Crippen LogP contribution in [0.5, 0.6) is 0 Å². The predicted molar refractivity (Wildman–Crippen MR) is 53.6 cm³/mol. The zero-order valence-corrected chi connectivity index (χ0v) is 9.01. The summed E-state index contributed by atoms with van der Waals surface area (Å²) in [4.78, 5) is 2.46. The summed E-state index contributed by atoms with van der Waals surface area (Å²) in [7, 11) is 0. The van der Waals surface area contributed by atoms with Gasteiger partial charge in [-0.1, -0.05) is 13.8 Å². The van der Waals surface area contributed by atoms with E-state index in [1.807, 2.05) is 0 Å². The maximum atomic E-state index is 9.44. The first-order valence-electron chi connectivity index (χ1n) is 5.38. The molecule has 0 bridgehead atoms. The van der Waals surface area contributed by atoms with Crippen molar-refractivity contribution in [3.05, 3.63) is 0 Å². The molecule has 2 fully saturated rings. The number of aliphatic hydroxyl groups is 1. The molecule has 13 heavy (non-hydrogen) atoms. The van der Waals surface area contributed by atoms with Gasteiger partial charge in [0.05, 0.1) is 6.61 Å². The fourth-order valence-electron chi connectivity index (χ4n) is 2.27. The summed E-state index contributed by atoms with van der Waals surface area (Å²) in [6.07, 6.45) is 2.84. The number of aliphatic hydroxyl groups excluding tert-OH is 1. The lowest BCUT2D eigenvalue weighted by Crippen LogP contribution is -2.63. The van der Waals surface area contributed by atoms with Crippen molar-refractivity contribution in [2.75, 3.05) is 19.7 Å². The maximum absolute atomic E-state index is 9.44. The Hall–Kier alpha value is -0.0800. The molecular weight excluding hydrogens is 162 g/mol. The van der Waals surface area contributed by atoms with Crippen LogP contribution in [0.2, 0.25) is 0 Å². The Morgan fingerprint density at radius 3 is 2.23 bits per heavy atom. The molecule has 2 aliphatic rings. The van der Waals surface area contributed by atoms with Crippen molar-refractivity contribution >= 4 is 0 Å². The average molecular weight is 183 g/mol. The molecule has 0 radical (unpaired) electrons. The zero-order valence-electron chi connectivity index (χ0n) is 9.01. The highest BCUT2D eigenvalue weighted by Gasteiger charge is 2.56. The molecule has 0 amide bonds. The second-order valence-corrected chi connectivity index (χ2v) is 5.53. The van der Waals surface area contributed by atoms with E-state index in [1.54, 1.807) is 0 Å². The molecule has 1 unspecified atom stereocenters. The highest BCUT2D eigenvalue weighted by molar-refractivity contribution is 5.10. The van der Waals surface area contributed by atoms with Gasteiger partial charge in [0.2, 0.25) is 0 Å². The van der Waals surface area contributed by atoms with Gasteiger partial charge < -0.3 is 5.11 Å². The normalized spacial score (nSPS) is 30.2. The zero-order chi connectivity index (χ0) is 9.69. The van der Waals surface area contributed by atoms with Gasteiger partial charge in [0.25, 0.3) is 0 Å². The van der Waals surface area contributed by atoms with Crippen LogP contribution < -0.4 is 0 Å². The number of rotatable bonds is 3. The standard InChI is InChI=1S/C11H21NO/c1-9(2)10(3,8-13)12-6-11(7-12)4-5-11/h9,13H,4-8H2,1-3H3. The van der Waals surface area contributed by atoms with Crippen molar-refractivity contribution in [1.82, 2.24) is 4.90 Å². The first kappa shape index (κ1) is 9.47. The topological polar surface area (TPSA) is 23.5 Å². The average Bonchev–Trinajstić information content (AvgIpc) is 2.79. The Morgan fingerprint density at radius 1 is 1.38 bits per heavy atom. The molecule has 1 aliphatic carbocycles. The van der Waals surface area contributed by atoms with Crippen LogP contribution >= 0.6 is 0 Å². The monoisotopic (exact) mass is 183 g/mol. The first-order chi connectivity index (χ1) is 6.02. The van der Waals surface area contributed by atoms with Gasteiger partial charge in [-0.05, 0) is 31.1 Å². The van der Waals surface area contributed by atoms with E-state index in [1.165, 1.54) is 25.9 Å². The van der Waals surface area contributed by atoms with Crippen LogP contribution in [-0.4, -0.2) is 35.2 Å². The quantitative estimate of drug-likeness (QED) is 0.716. The van der Waals surface area contributed by atoms with Crippen molar-refractivity contribution in [1.29, 1.82) is 0 Å². The van der Waals surface area contributed by atoms with Crippen LogP contribution in [0.3, 0.4) is 0 Å². The summed E-state index contributed by atoms with van der Waals surface area (Å²) in [6, 6.07) is 0. The van der Waals surface area contributed by atoms with E-state index in [0.717, 1.165) is 0 Å². The van der Waals surface area contributed by atoms with E-state index in [4.69, 9.17) is 0 Å². The van der Waals surface area contributed by atoms with Crippen LogP contribution in [0.4, 0.5) is 0 Å². The van der Waals surface area contributed by atoms with Gasteiger partial charge in [0, 0.05) is 18.6 Å². The van der Waals surface area contributed by atoms with Crippen molar-refractivity contribution < 1.29 is 5.11 Å². The third-order valence-corrected chi connectivity index (χ3v) is 4.30. The molecule has 0 aromatic heterocycles. The SMILES string of the molecule is CC(C)C(C)(CO)N1CC2(CC2)C1. The van der Waals surface area contributed by atoms with Crippen LogP contribution in [0, 0.1) is 11.3 Å². The fraction of sp³-hybridized carbons (Fsp3) is 1.00. The molecular formula is C11H21NO. The van der Waals surface area contributed by atoms with E-state index >= 15 is 0 Å². The highest BCUT2D eigenvalue weighted by atomic mass is 16.3.